The number of hydrogen-bond acceptors (Lipinski definition) is 1. The normalized spacial score (nSPS) is 11.2. The van der Waals surface area contributed by atoms with Crippen molar-refractivity contribution in [3.63, 3.8) is 0 Å². The van der Waals surface area contributed by atoms with Crippen molar-refractivity contribution in [1.82, 2.24) is 9.97 Å². The summed E-state index contributed by atoms with van der Waals surface area (Å²) in [5.41, 5.74) is 0.166. The van der Waals surface area contributed by atoms with Crippen LogP contribution in [0, 0.1) is 30.2 Å². The van der Waals surface area contributed by atoms with Gasteiger partial charge in [0.15, 0.2) is 11.6 Å². The van der Waals surface area contributed by atoms with Gasteiger partial charge in [0.25, 0.3) is 0 Å². The Bertz CT molecular complexity index is 785. The van der Waals surface area contributed by atoms with Gasteiger partial charge in [-0.15, -0.1) is 0 Å². The van der Waals surface area contributed by atoms with E-state index in [1.807, 2.05) is 0 Å². The van der Waals surface area contributed by atoms with Gasteiger partial charge < -0.3 is 4.98 Å². The molecule has 0 saturated heterocycles. The summed E-state index contributed by atoms with van der Waals surface area (Å²) in [4.78, 5) is 6.50. The van der Waals surface area contributed by atoms with Crippen LogP contribution in [0.4, 0.5) is 17.6 Å². The molecule has 3 rings (SSSR count). The van der Waals surface area contributed by atoms with Crippen molar-refractivity contribution in [2.75, 3.05) is 0 Å². The number of halogens is 4. The van der Waals surface area contributed by atoms with E-state index in [4.69, 9.17) is 0 Å². The second kappa shape index (κ2) is 4.33. The zero-order valence-corrected chi connectivity index (χ0v) is 10.3. The Morgan fingerprint density at radius 1 is 0.950 bits per heavy atom. The first-order chi connectivity index (χ1) is 9.47. The van der Waals surface area contributed by atoms with Crippen molar-refractivity contribution in [1.29, 1.82) is 0 Å². The lowest BCUT2D eigenvalue weighted by atomic mass is 10.1. The smallest absolute Gasteiger partial charge is 0.161 e. The average Bonchev–Trinajstić information content (AvgIpc) is 2.77. The van der Waals surface area contributed by atoms with Gasteiger partial charge in [0.1, 0.15) is 17.5 Å². The van der Waals surface area contributed by atoms with E-state index in [-0.39, 0.29) is 28.0 Å². The molecular formula is C14H8F4N2. The van der Waals surface area contributed by atoms with E-state index in [1.165, 1.54) is 13.0 Å². The van der Waals surface area contributed by atoms with Crippen molar-refractivity contribution in [3.8, 4) is 11.4 Å². The molecule has 0 bridgehead atoms. The molecule has 0 fully saturated rings. The number of aryl methyl sites for hydroxylation is 1. The van der Waals surface area contributed by atoms with Gasteiger partial charge in [-0.3, -0.25) is 0 Å². The Balaban J connectivity index is 2.28. The molecule has 0 aliphatic heterocycles. The first-order valence-corrected chi connectivity index (χ1v) is 5.77. The molecule has 1 heterocycles. The molecule has 3 aromatic rings. The topological polar surface area (TPSA) is 28.7 Å². The summed E-state index contributed by atoms with van der Waals surface area (Å²) < 4.78 is 54.0. The molecule has 0 unspecified atom stereocenters. The van der Waals surface area contributed by atoms with E-state index in [1.54, 1.807) is 0 Å². The van der Waals surface area contributed by atoms with Crippen LogP contribution in [-0.2, 0) is 0 Å². The lowest BCUT2D eigenvalue weighted by Gasteiger charge is -2.03. The molecule has 102 valence electrons. The number of nitrogens with one attached hydrogen (secondary N) is 1. The third kappa shape index (κ3) is 1.84. The summed E-state index contributed by atoms with van der Waals surface area (Å²) >= 11 is 0. The summed E-state index contributed by atoms with van der Waals surface area (Å²) in [5.74, 6) is -3.79. The molecular weight excluding hydrogens is 272 g/mol. The van der Waals surface area contributed by atoms with Crippen molar-refractivity contribution >= 4 is 11.0 Å². The van der Waals surface area contributed by atoms with Crippen LogP contribution in [0.15, 0.2) is 24.3 Å². The third-order valence-electron chi connectivity index (χ3n) is 3.04. The van der Waals surface area contributed by atoms with Gasteiger partial charge in [0.05, 0.1) is 16.6 Å². The maximum absolute atomic E-state index is 14.0. The predicted octanol–water partition coefficient (Wildman–Crippen LogP) is 4.09. The van der Waals surface area contributed by atoms with Crippen molar-refractivity contribution in [3.05, 3.63) is 53.1 Å². The van der Waals surface area contributed by atoms with Crippen molar-refractivity contribution in [2.24, 2.45) is 0 Å². The highest BCUT2D eigenvalue weighted by Gasteiger charge is 2.18. The molecule has 20 heavy (non-hydrogen) atoms. The van der Waals surface area contributed by atoms with Gasteiger partial charge in [0, 0.05) is 12.1 Å². The molecule has 6 heteroatoms. The average molecular weight is 280 g/mol. The third-order valence-corrected chi connectivity index (χ3v) is 3.04. The minimum Gasteiger partial charge on any atom is -0.338 e. The van der Waals surface area contributed by atoms with Crippen LogP contribution < -0.4 is 0 Å². The summed E-state index contributed by atoms with van der Waals surface area (Å²) in [6.45, 7) is 1.49. The van der Waals surface area contributed by atoms with E-state index in [0.29, 0.717) is 0 Å². The van der Waals surface area contributed by atoms with Gasteiger partial charge in [-0.05, 0) is 18.6 Å². The standard InChI is InChI=1S/C14H8F4N2/c1-6-2-3-7(15)12(13(6)18)14-19-10-4-8(16)9(17)5-11(10)20-14/h2-5H,1H3,(H,19,20). The number of nitrogens with zero attached hydrogens (tertiary/aromatic N) is 1. The van der Waals surface area contributed by atoms with E-state index < -0.39 is 23.3 Å². The molecule has 1 aromatic heterocycles. The SMILES string of the molecule is Cc1ccc(F)c(-c2nc3cc(F)c(F)cc3[nH]2)c1F. The Morgan fingerprint density at radius 2 is 1.65 bits per heavy atom. The monoisotopic (exact) mass is 280 g/mol. The van der Waals surface area contributed by atoms with Crippen molar-refractivity contribution < 1.29 is 17.6 Å². The van der Waals surface area contributed by atoms with Gasteiger partial charge in [-0.2, -0.15) is 0 Å². The number of H-pyrrole nitrogens is 1. The minimum absolute atomic E-state index is 0.0965. The van der Waals surface area contributed by atoms with Crippen LogP contribution in [0.25, 0.3) is 22.4 Å². The minimum atomic E-state index is -1.07. The molecule has 2 aromatic carbocycles. The molecule has 0 radical (unpaired) electrons. The van der Waals surface area contributed by atoms with E-state index >= 15 is 0 Å². The molecule has 0 spiro atoms. The van der Waals surface area contributed by atoms with Crippen LogP contribution >= 0.6 is 0 Å². The summed E-state index contributed by atoms with van der Waals surface area (Å²) in [6.07, 6.45) is 0. The van der Waals surface area contributed by atoms with Crippen LogP contribution in [0.2, 0.25) is 0 Å². The Kier molecular flexibility index (Phi) is 2.74. The fourth-order valence-electron chi connectivity index (χ4n) is 2.00. The van der Waals surface area contributed by atoms with Crippen LogP contribution in [0.5, 0.6) is 0 Å². The number of fused-ring (bicyclic) bond motifs is 1. The summed E-state index contributed by atoms with van der Waals surface area (Å²) in [5, 5.41) is 0. The van der Waals surface area contributed by atoms with Gasteiger partial charge in [-0.25, -0.2) is 22.5 Å². The zero-order valence-electron chi connectivity index (χ0n) is 10.3. The molecule has 0 amide bonds. The van der Waals surface area contributed by atoms with Gasteiger partial charge in [-0.1, -0.05) is 6.07 Å². The van der Waals surface area contributed by atoms with E-state index in [2.05, 4.69) is 9.97 Å². The molecule has 0 aliphatic carbocycles. The van der Waals surface area contributed by atoms with E-state index in [9.17, 15) is 17.6 Å². The number of imidazole rings is 1. The van der Waals surface area contributed by atoms with Crippen LogP contribution in [0.1, 0.15) is 5.56 Å². The maximum Gasteiger partial charge on any atom is 0.161 e. The second-order valence-corrected chi connectivity index (χ2v) is 4.42. The number of rotatable bonds is 1. The van der Waals surface area contributed by atoms with Crippen LogP contribution in [-0.4, -0.2) is 9.97 Å². The maximum atomic E-state index is 14.0. The quantitative estimate of drug-likeness (QED) is 0.668. The Labute approximate surface area is 111 Å². The number of benzene rings is 2. The molecule has 2 nitrogen and oxygen atoms in total. The summed E-state index contributed by atoms with van der Waals surface area (Å²) in [7, 11) is 0. The lowest BCUT2D eigenvalue weighted by molar-refractivity contribution is 0.510. The number of aromatic nitrogens is 2. The zero-order chi connectivity index (χ0) is 14.4. The van der Waals surface area contributed by atoms with Crippen molar-refractivity contribution in [2.45, 2.75) is 6.92 Å². The Morgan fingerprint density at radius 3 is 2.40 bits per heavy atom. The predicted molar refractivity (Wildman–Crippen MR) is 66.1 cm³/mol. The highest BCUT2D eigenvalue weighted by molar-refractivity contribution is 5.79. The fourth-order valence-corrected chi connectivity index (χ4v) is 2.00. The summed E-state index contributed by atoms with van der Waals surface area (Å²) in [6, 6.07) is 4.18. The Hall–Kier alpha value is -2.37. The first-order valence-electron chi connectivity index (χ1n) is 5.77. The fraction of sp³-hybridized carbons (Fsp3) is 0.0714. The molecule has 0 atom stereocenters. The van der Waals surface area contributed by atoms with Crippen LogP contribution in [0.3, 0.4) is 0 Å². The second-order valence-electron chi connectivity index (χ2n) is 4.42. The van der Waals surface area contributed by atoms with Gasteiger partial charge in [0.2, 0.25) is 0 Å². The van der Waals surface area contributed by atoms with Gasteiger partial charge >= 0.3 is 0 Å². The largest absolute Gasteiger partial charge is 0.338 e. The first kappa shape index (κ1) is 12.7. The highest BCUT2D eigenvalue weighted by atomic mass is 19.2. The molecule has 0 saturated carbocycles. The lowest BCUT2D eigenvalue weighted by Crippen LogP contribution is -1.94. The van der Waals surface area contributed by atoms with E-state index in [0.717, 1.165) is 18.2 Å². The number of hydrogen-bond donors (Lipinski definition) is 1. The highest BCUT2D eigenvalue weighted by Crippen LogP contribution is 2.28. The molecule has 1 N–H and O–H groups in total. The molecule has 0 aliphatic rings. The number of aromatic amines is 1.